The highest BCUT2D eigenvalue weighted by Gasteiger charge is 2.39. The summed E-state index contributed by atoms with van der Waals surface area (Å²) in [4.78, 5) is 33.7. The lowest BCUT2D eigenvalue weighted by molar-refractivity contribution is -0.0314. The van der Waals surface area contributed by atoms with Gasteiger partial charge in [-0.25, -0.2) is 14.0 Å². The number of hydrogen-bond acceptors (Lipinski definition) is 7. The summed E-state index contributed by atoms with van der Waals surface area (Å²) in [6.07, 6.45) is 0.711. The molecule has 2 aliphatic heterocycles. The van der Waals surface area contributed by atoms with Crippen molar-refractivity contribution in [3.05, 3.63) is 126 Å². The molecule has 0 spiro atoms. The number of piperidine rings is 1. The Bertz CT molecular complexity index is 1670. The molecule has 262 valence electrons. The van der Waals surface area contributed by atoms with Gasteiger partial charge in [0, 0.05) is 45.5 Å². The second kappa shape index (κ2) is 17.1. The van der Waals surface area contributed by atoms with Crippen LogP contribution in [0.4, 0.5) is 14.9 Å². The minimum absolute atomic E-state index is 0.0736. The third-order valence-corrected chi connectivity index (χ3v) is 10.6. The Hall–Kier alpha value is -4.20. The minimum Gasteiger partial charge on any atom is -0.457 e. The molecular formula is C39H42FIN4O5. The highest BCUT2D eigenvalue weighted by Crippen LogP contribution is 2.26. The highest BCUT2D eigenvalue weighted by atomic mass is 127. The standard InChI is InChI=1S/C39H42FIN4O5/c1-48-37(41)34(26-28-8-4-2-5-9-28)42-39(47)45-21-20-35(44-24-22-43(23-25-44)31-16-14-30(40)15-17-31)36(27-45)50-38(46)29-12-18-33(19-13-29)49-32-10-6-3-7-11-32/h2-19,34-37H,20-27H2,1H3,(H,42,47)/t34?,35-,36-,37?/m1/s1. The van der Waals surface area contributed by atoms with Gasteiger partial charge in [0.25, 0.3) is 0 Å². The monoisotopic (exact) mass is 792 g/mol. The number of halogens is 2. The van der Waals surface area contributed by atoms with Gasteiger partial charge in [0.1, 0.15) is 27.5 Å². The molecule has 0 aliphatic carbocycles. The number of rotatable bonds is 11. The first-order chi connectivity index (χ1) is 24.4. The number of benzene rings is 4. The summed E-state index contributed by atoms with van der Waals surface area (Å²) >= 11 is 2.21. The van der Waals surface area contributed by atoms with E-state index in [2.05, 4.69) is 37.7 Å². The van der Waals surface area contributed by atoms with Crippen molar-refractivity contribution in [3.63, 3.8) is 0 Å². The third-order valence-electron chi connectivity index (χ3n) is 9.26. The molecule has 2 unspecified atom stereocenters. The molecule has 0 bridgehead atoms. The normalized spacial score (nSPS) is 19.3. The van der Waals surface area contributed by atoms with Gasteiger partial charge < -0.3 is 29.3 Å². The van der Waals surface area contributed by atoms with Crippen LogP contribution in [-0.4, -0.2) is 90.5 Å². The van der Waals surface area contributed by atoms with Crippen LogP contribution in [0.5, 0.6) is 11.5 Å². The number of esters is 1. The summed E-state index contributed by atoms with van der Waals surface area (Å²) in [5.41, 5.74) is 2.49. The maximum atomic E-state index is 13.8. The molecule has 1 N–H and O–H groups in total. The minimum atomic E-state index is -0.551. The molecule has 0 saturated carbocycles. The van der Waals surface area contributed by atoms with Crippen LogP contribution in [0.1, 0.15) is 22.3 Å². The van der Waals surface area contributed by atoms with Crippen molar-refractivity contribution in [1.82, 2.24) is 15.1 Å². The summed E-state index contributed by atoms with van der Waals surface area (Å²) in [5, 5.41) is 3.19. The molecule has 4 aromatic carbocycles. The molecule has 50 heavy (non-hydrogen) atoms. The number of para-hydroxylation sites is 1. The van der Waals surface area contributed by atoms with Crippen molar-refractivity contribution in [1.29, 1.82) is 0 Å². The van der Waals surface area contributed by atoms with Gasteiger partial charge in [-0.15, -0.1) is 0 Å². The Morgan fingerprint density at radius 1 is 0.840 bits per heavy atom. The van der Waals surface area contributed by atoms with Crippen molar-refractivity contribution >= 4 is 40.3 Å². The van der Waals surface area contributed by atoms with Crippen LogP contribution in [-0.2, 0) is 15.9 Å². The number of ether oxygens (including phenoxy) is 3. The molecule has 2 aliphatic rings. The van der Waals surface area contributed by atoms with Gasteiger partial charge in [-0.05, 0) is 102 Å². The maximum Gasteiger partial charge on any atom is 0.338 e. The second-order valence-electron chi connectivity index (χ2n) is 12.5. The average molecular weight is 793 g/mol. The number of alkyl halides is 1. The molecule has 2 heterocycles. The van der Waals surface area contributed by atoms with Gasteiger partial charge in [-0.2, -0.15) is 0 Å². The van der Waals surface area contributed by atoms with Crippen LogP contribution in [0.25, 0.3) is 0 Å². The Kier molecular flexibility index (Phi) is 12.2. The lowest BCUT2D eigenvalue weighted by Crippen LogP contribution is -2.62. The number of hydrogen-bond donors (Lipinski definition) is 1. The Morgan fingerprint density at radius 3 is 2.14 bits per heavy atom. The summed E-state index contributed by atoms with van der Waals surface area (Å²) in [6, 6.07) is 32.4. The number of nitrogens with zero attached hydrogens (tertiary/aromatic N) is 3. The second-order valence-corrected chi connectivity index (χ2v) is 13.7. The van der Waals surface area contributed by atoms with Crippen molar-refractivity contribution < 1.29 is 28.2 Å². The molecule has 4 aromatic rings. The first-order valence-corrected chi connectivity index (χ1v) is 18.2. The Balaban J connectivity index is 1.14. The van der Waals surface area contributed by atoms with Crippen molar-refractivity contribution in [2.24, 2.45) is 0 Å². The Labute approximate surface area is 306 Å². The fourth-order valence-electron chi connectivity index (χ4n) is 6.57. The third kappa shape index (κ3) is 9.32. The van der Waals surface area contributed by atoms with Gasteiger partial charge in [-0.1, -0.05) is 48.5 Å². The van der Waals surface area contributed by atoms with E-state index in [1.807, 2.05) is 60.7 Å². The fraction of sp³-hybridized carbons (Fsp3) is 0.333. The zero-order valence-corrected chi connectivity index (χ0v) is 30.2. The number of carbonyl (C=O) groups excluding carboxylic acids is 2. The van der Waals surface area contributed by atoms with Crippen molar-refractivity contribution in [3.8, 4) is 11.5 Å². The molecule has 9 nitrogen and oxygen atoms in total. The lowest BCUT2D eigenvalue weighted by Gasteiger charge is -2.46. The van der Waals surface area contributed by atoms with Crippen molar-refractivity contribution in [2.75, 3.05) is 51.3 Å². The predicted octanol–water partition coefficient (Wildman–Crippen LogP) is 6.77. The van der Waals surface area contributed by atoms with Crippen molar-refractivity contribution in [2.45, 2.75) is 35.1 Å². The topological polar surface area (TPSA) is 83.6 Å². The molecular weight excluding hydrogens is 750 g/mol. The van der Waals surface area contributed by atoms with Crippen LogP contribution >= 0.6 is 22.6 Å². The zero-order valence-electron chi connectivity index (χ0n) is 28.0. The van der Waals surface area contributed by atoms with Gasteiger partial charge >= 0.3 is 12.0 Å². The number of piperazine rings is 1. The van der Waals surface area contributed by atoms with E-state index < -0.39 is 12.1 Å². The van der Waals surface area contributed by atoms with Gasteiger partial charge in [-0.3, -0.25) is 4.90 Å². The molecule has 11 heteroatoms. The smallest absolute Gasteiger partial charge is 0.338 e. The van der Waals surface area contributed by atoms with E-state index in [1.54, 1.807) is 48.4 Å². The molecule has 0 radical (unpaired) electrons. The van der Waals surface area contributed by atoms with E-state index >= 15 is 0 Å². The molecule has 0 aromatic heterocycles. The van der Waals surface area contributed by atoms with Crippen LogP contribution in [0.15, 0.2) is 109 Å². The average Bonchev–Trinajstić information content (AvgIpc) is 3.15. The van der Waals surface area contributed by atoms with Crippen LogP contribution in [0.3, 0.4) is 0 Å². The van der Waals surface area contributed by atoms with E-state index in [0.717, 1.165) is 37.4 Å². The number of carbonyl (C=O) groups is 2. The number of urea groups is 1. The molecule has 2 saturated heterocycles. The number of anilines is 1. The van der Waals surface area contributed by atoms with Crippen LogP contribution in [0.2, 0.25) is 0 Å². The fourth-order valence-corrected chi connectivity index (χ4v) is 7.00. The summed E-state index contributed by atoms with van der Waals surface area (Å²) in [6.45, 7) is 3.78. The van der Waals surface area contributed by atoms with Crippen LogP contribution in [0, 0.1) is 5.82 Å². The number of amides is 2. The van der Waals surface area contributed by atoms with Crippen LogP contribution < -0.4 is 15.0 Å². The Morgan fingerprint density at radius 2 is 1.48 bits per heavy atom. The number of nitrogens with one attached hydrogen (secondary N) is 1. The molecule has 2 amide bonds. The largest absolute Gasteiger partial charge is 0.457 e. The van der Waals surface area contributed by atoms with E-state index in [0.29, 0.717) is 36.4 Å². The quantitative estimate of drug-likeness (QED) is 0.102. The molecule has 4 atom stereocenters. The van der Waals surface area contributed by atoms with Gasteiger partial charge in [0.2, 0.25) is 0 Å². The summed E-state index contributed by atoms with van der Waals surface area (Å²) in [5.74, 6) is 0.608. The first-order valence-electron chi connectivity index (χ1n) is 16.9. The van der Waals surface area contributed by atoms with E-state index in [4.69, 9.17) is 14.2 Å². The SMILES string of the molecule is COC(I)C(Cc1ccccc1)NC(=O)N1CC[C@@H](N2CCN(c3ccc(F)cc3)CC2)[C@H](OC(=O)c2ccc(Oc3ccccc3)cc2)C1. The summed E-state index contributed by atoms with van der Waals surface area (Å²) < 4.78 is 31.1. The highest BCUT2D eigenvalue weighted by molar-refractivity contribution is 14.1. The number of methoxy groups -OCH3 is 1. The number of likely N-dealkylation sites (tertiary alicyclic amines) is 1. The maximum absolute atomic E-state index is 13.8. The predicted molar refractivity (Wildman–Crippen MR) is 200 cm³/mol. The van der Waals surface area contributed by atoms with E-state index in [-0.39, 0.29) is 34.6 Å². The van der Waals surface area contributed by atoms with E-state index in [9.17, 15) is 14.0 Å². The lowest BCUT2D eigenvalue weighted by atomic mass is 9.98. The first kappa shape index (κ1) is 35.6. The zero-order chi connectivity index (χ0) is 34.9. The van der Waals surface area contributed by atoms with Gasteiger partial charge in [0.05, 0.1) is 24.2 Å². The molecule has 2 fully saturated rings. The molecule has 6 rings (SSSR count). The van der Waals surface area contributed by atoms with Gasteiger partial charge in [0.15, 0.2) is 0 Å². The van der Waals surface area contributed by atoms with E-state index in [1.165, 1.54) is 12.1 Å². The summed E-state index contributed by atoms with van der Waals surface area (Å²) in [7, 11) is 1.64.